The van der Waals surface area contributed by atoms with Crippen LogP contribution in [0.4, 0.5) is 9.52 Å². The number of anilines is 1. The van der Waals surface area contributed by atoms with Gasteiger partial charge in [0.2, 0.25) is 5.13 Å². The number of carbonyl (C=O) groups is 1. The molecule has 1 N–H and O–H groups in total. The summed E-state index contributed by atoms with van der Waals surface area (Å²) in [4.78, 5) is 15.6. The lowest BCUT2D eigenvalue weighted by molar-refractivity contribution is -0.142. The standard InChI is InChI=1S/C17H20FN3O3S/c1-3-7-24-15-8-12(5-6-14(15)18)10-19-21-17-20-13(11-25-17)9-16(22)23-4-2/h5-6,8,10-11H,3-4,7,9H2,1-2H3,(H,20,21). The minimum absolute atomic E-state index is 0.131. The van der Waals surface area contributed by atoms with Crippen LogP contribution in [-0.4, -0.2) is 30.4 Å². The van der Waals surface area contributed by atoms with Gasteiger partial charge in [-0.3, -0.25) is 10.2 Å². The summed E-state index contributed by atoms with van der Waals surface area (Å²) < 4.78 is 23.8. The highest BCUT2D eigenvalue weighted by atomic mass is 32.1. The SMILES string of the molecule is CCCOc1cc(C=NNc2nc(CC(=O)OCC)cs2)ccc1F. The molecule has 25 heavy (non-hydrogen) atoms. The van der Waals surface area contributed by atoms with Gasteiger partial charge in [0.05, 0.1) is 31.5 Å². The van der Waals surface area contributed by atoms with Gasteiger partial charge in [-0.15, -0.1) is 11.3 Å². The second-order valence-electron chi connectivity index (χ2n) is 5.03. The zero-order valence-electron chi connectivity index (χ0n) is 14.1. The van der Waals surface area contributed by atoms with Crippen LogP contribution in [0.5, 0.6) is 5.75 Å². The summed E-state index contributed by atoms with van der Waals surface area (Å²) in [7, 11) is 0. The number of hydrogen-bond donors (Lipinski definition) is 1. The molecule has 0 aliphatic rings. The molecule has 1 aromatic carbocycles. The fraction of sp³-hybridized carbons (Fsp3) is 0.353. The summed E-state index contributed by atoms with van der Waals surface area (Å²) in [5, 5.41) is 6.39. The molecule has 0 amide bonds. The molecule has 0 atom stereocenters. The molecule has 0 saturated carbocycles. The van der Waals surface area contributed by atoms with Gasteiger partial charge in [0.1, 0.15) is 0 Å². The molecular formula is C17H20FN3O3S. The number of aromatic nitrogens is 1. The summed E-state index contributed by atoms with van der Waals surface area (Å²) in [5.41, 5.74) is 4.11. The van der Waals surface area contributed by atoms with Crippen LogP contribution >= 0.6 is 11.3 Å². The van der Waals surface area contributed by atoms with Crippen molar-refractivity contribution in [2.45, 2.75) is 26.7 Å². The summed E-state index contributed by atoms with van der Waals surface area (Å²) in [6.07, 6.45) is 2.48. The molecule has 134 valence electrons. The number of rotatable bonds is 9. The molecule has 0 aliphatic carbocycles. The molecule has 0 radical (unpaired) electrons. The van der Waals surface area contributed by atoms with Gasteiger partial charge in [0, 0.05) is 5.38 Å². The van der Waals surface area contributed by atoms with E-state index in [0.29, 0.717) is 29.6 Å². The van der Waals surface area contributed by atoms with Crippen LogP contribution in [0.2, 0.25) is 0 Å². The molecule has 0 aliphatic heterocycles. The maximum absolute atomic E-state index is 13.6. The maximum atomic E-state index is 13.6. The molecule has 2 aromatic rings. The van der Waals surface area contributed by atoms with Crippen LogP contribution in [0.15, 0.2) is 28.7 Å². The normalized spacial score (nSPS) is 10.8. The Labute approximate surface area is 149 Å². The number of benzene rings is 1. The Balaban J connectivity index is 1.92. The predicted molar refractivity (Wildman–Crippen MR) is 95.9 cm³/mol. The highest BCUT2D eigenvalue weighted by molar-refractivity contribution is 7.13. The number of hydrogen-bond acceptors (Lipinski definition) is 7. The van der Waals surface area contributed by atoms with E-state index in [4.69, 9.17) is 9.47 Å². The van der Waals surface area contributed by atoms with Gasteiger partial charge in [0.25, 0.3) is 0 Å². The van der Waals surface area contributed by atoms with Crippen LogP contribution in [0.1, 0.15) is 31.5 Å². The Morgan fingerprint density at radius 3 is 3.04 bits per heavy atom. The van der Waals surface area contributed by atoms with E-state index in [1.807, 2.05) is 6.92 Å². The number of esters is 1. The Morgan fingerprint density at radius 2 is 2.28 bits per heavy atom. The minimum atomic E-state index is -0.401. The van der Waals surface area contributed by atoms with Crippen molar-refractivity contribution in [1.29, 1.82) is 0 Å². The van der Waals surface area contributed by atoms with Gasteiger partial charge in [0.15, 0.2) is 11.6 Å². The lowest BCUT2D eigenvalue weighted by Gasteiger charge is -2.06. The number of thiazole rings is 1. The van der Waals surface area contributed by atoms with Crippen molar-refractivity contribution < 1.29 is 18.7 Å². The molecule has 0 unspecified atom stereocenters. The smallest absolute Gasteiger partial charge is 0.311 e. The van der Waals surface area contributed by atoms with Gasteiger partial charge < -0.3 is 9.47 Å². The number of nitrogens with zero attached hydrogens (tertiary/aromatic N) is 2. The summed E-state index contributed by atoms with van der Waals surface area (Å²) in [5.74, 6) is -0.507. The Kier molecular flexibility index (Phi) is 7.34. The average molecular weight is 365 g/mol. The van der Waals surface area contributed by atoms with Crippen molar-refractivity contribution in [2.75, 3.05) is 18.6 Å². The van der Waals surface area contributed by atoms with E-state index in [0.717, 1.165) is 6.42 Å². The Morgan fingerprint density at radius 1 is 1.44 bits per heavy atom. The fourth-order valence-electron chi connectivity index (χ4n) is 1.88. The van der Waals surface area contributed by atoms with Crippen LogP contribution in [-0.2, 0) is 16.0 Å². The molecule has 6 nitrogen and oxygen atoms in total. The van der Waals surface area contributed by atoms with Crippen LogP contribution < -0.4 is 10.2 Å². The number of halogens is 1. The van der Waals surface area contributed by atoms with Crippen molar-refractivity contribution in [3.8, 4) is 5.75 Å². The predicted octanol–water partition coefficient (Wildman–Crippen LogP) is 3.62. The van der Waals surface area contributed by atoms with Crippen molar-refractivity contribution in [1.82, 2.24) is 4.98 Å². The largest absolute Gasteiger partial charge is 0.491 e. The van der Waals surface area contributed by atoms with Gasteiger partial charge in [-0.25, -0.2) is 9.37 Å². The molecule has 0 fully saturated rings. The lowest BCUT2D eigenvalue weighted by atomic mass is 10.2. The Hall–Kier alpha value is -2.48. The highest BCUT2D eigenvalue weighted by Gasteiger charge is 2.08. The molecule has 0 bridgehead atoms. The zero-order valence-corrected chi connectivity index (χ0v) is 14.9. The van der Waals surface area contributed by atoms with Gasteiger partial charge in [-0.1, -0.05) is 13.0 Å². The van der Waals surface area contributed by atoms with Crippen molar-refractivity contribution >= 4 is 28.7 Å². The second kappa shape index (κ2) is 9.73. The first-order valence-corrected chi connectivity index (χ1v) is 8.81. The molecule has 2 rings (SSSR count). The molecule has 0 saturated heterocycles. The van der Waals surface area contributed by atoms with Crippen LogP contribution in [0.3, 0.4) is 0 Å². The number of ether oxygens (including phenoxy) is 2. The molecule has 1 aromatic heterocycles. The first-order chi connectivity index (χ1) is 12.1. The average Bonchev–Trinajstić information content (AvgIpc) is 3.02. The molecule has 0 spiro atoms. The van der Waals surface area contributed by atoms with Crippen LogP contribution in [0.25, 0.3) is 0 Å². The Bertz CT molecular complexity index is 734. The summed E-state index contributed by atoms with van der Waals surface area (Å²) >= 11 is 1.33. The third kappa shape index (κ3) is 6.15. The van der Waals surface area contributed by atoms with Crippen molar-refractivity contribution in [2.24, 2.45) is 5.10 Å². The van der Waals surface area contributed by atoms with Crippen molar-refractivity contribution in [3.63, 3.8) is 0 Å². The lowest BCUT2D eigenvalue weighted by Crippen LogP contribution is -2.07. The quantitative estimate of drug-likeness (QED) is 0.417. The number of nitrogens with one attached hydrogen (secondary N) is 1. The monoisotopic (exact) mass is 365 g/mol. The number of hydrazone groups is 1. The van der Waals surface area contributed by atoms with Gasteiger partial charge in [-0.2, -0.15) is 5.10 Å². The molecule has 8 heteroatoms. The first kappa shape index (κ1) is 18.9. The third-order valence-corrected chi connectivity index (χ3v) is 3.77. The van der Waals surface area contributed by atoms with Gasteiger partial charge >= 0.3 is 5.97 Å². The van der Waals surface area contributed by atoms with Gasteiger partial charge in [-0.05, 0) is 31.0 Å². The van der Waals surface area contributed by atoms with E-state index in [9.17, 15) is 9.18 Å². The third-order valence-electron chi connectivity index (χ3n) is 2.97. The number of carbonyl (C=O) groups excluding carboxylic acids is 1. The molecule has 1 heterocycles. The van der Waals surface area contributed by atoms with E-state index in [2.05, 4.69) is 15.5 Å². The minimum Gasteiger partial charge on any atom is -0.491 e. The van der Waals surface area contributed by atoms with E-state index in [1.54, 1.807) is 30.7 Å². The summed E-state index contributed by atoms with van der Waals surface area (Å²) in [6, 6.07) is 4.53. The molecular weight excluding hydrogens is 345 g/mol. The topological polar surface area (TPSA) is 72.8 Å². The van der Waals surface area contributed by atoms with E-state index < -0.39 is 5.82 Å². The maximum Gasteiger partial charge on any atom is 0.311 e. The fourth-order valence-corrected chi connectivity index (χ4v) is 2.54. The first-order valence-electron chi connectivity index (χ1n) is 7.93. The van der Waals surface area contributed by atoms with Crippen molar-refractivity contribution in [3.05, 3.63) is 40.7 Å². The van der Waals surface area contributed by atoms with E-state index in [-0.39, 0.29) is 18.1 Å². The second-order valence-corrected chi connectivity index (χ2v) is 5.89. The van der Waals surface area contributed by atoms with E-state index in [1.165, 1.54) is 17.4 Å². The van der Waals surface area contributed by atoms with Crippen LogP contribution in [0, 0.1) is 5.82 Å². The van der Waals surface area contributed by atoms with E-state index >= 15 is 0 Å². The zero-order chi connectivity index (χ0) is 18.1. The highest BCUT2D eigenvalue weighted by Crippen LogP contribution is 2.19. The summed E-state index contributed by atoms with van der Waals surface area (Å²) in [6.45, 7) is 4.52.